The van der Waals surface area contributed by atoms with E-state index in [0.717, 1.165) is 28.7 Å². The van der Waals surface area contributed by atoms with E-state index in [1.54, 1.807) is 6.92 Å². The highest BCUT2D eigenvalue weighted by Gasteiger charge is 2.38. The van der Waals surface area contributed by atoms with Crippen LogP contribution in [0, 0.1) is 20.8 Å². The maximum atomic E-state index is 11.8. The highest BCUT2D eigenvalue weighted by molar-refractivity contribution is 5.81. The van der Waals surface area contributed by atoms with Crippen molar-refractivity contribution in [3.8, 4) is 0 Å². The molecule has 0 heterocycles. The average molecular weight is 263 g/mol. The van der Waals surface area contributed by atoms with Crippen molar-refractivity contribution in [2.24, 2.45) is 0 Å². The second-order valence-corrected chi connectivity index (χ2v) is 5.66. The molecule has 2 unspecified atom stereocenters. The van der Waals surface area contributed by atoms with Gasteiger partial charge in [0.05, 0.1) is 0 Å². The third-order valence-corrected chi connectivity index (χ3v) is 3.75. The molecular weight excluding hydrogens is 238 g/mol. The molecule has 0 aliphatic carbocycles. The molecule has 3 heteroatoms. The molecule has 2 N–H and O–H groups in total. The summed E-state index contributed by atoms with van der Waals surface area (Å²) in [6.07, 6.45) is 0.896. The summed E-state index contributed by atoms with van der Waals surface area (Å²) in [5, 5.41) is 12.9. The van der Waals surface area contributed by atoms with Crippen molar-refractivity contribution < 1.29 is 9.90 Å². The normalized spacial score (nSPS) is 15.9. The van der Waals surface area contributed by atoms with Crippen LogP contribution in [-0.4, -0.2) is 17.1 Å². The van der Waals surface area contributed by atoms with Gasteiger partial charge < -0.3 is 5.11 Å². The number of nitrogens with one attached hydrogen (secondary N) is 1. The monoisotopic (exact) mass is 263 g/mol. The summed E-state index contributed by atoms with van der Waals surface area (Å²) in [5.74, 6) is -0.831. The topological polar surface area (TPSA) is 49.3 Å². The minimum Gasteiger partial charge on any atom is -0.480 e. The van der Waals surface area contributed by atoms with Crippen LogP contribution >= 0.6 is 0 Å². The van der Waals surface area contributed by atoms with Crippen LogP contribution in [0.5, 0.6) is 0 Å². The van der Waals surface area contributed by atoms with Crippen LogP contribution in [0.2, 0.25) is 0 Å². The number of benzene rings is 1. The van der Waals surface area contributed by atoms with Crippen molar-refractivity contribution in [2.75, 3.05) is 0 Å². The first-order valence-corrected chi connectivity index (χ1v) is 6.81. The number of hydrogen-bond acceptors (Lipinski definition) is 2. The number of carboxylic acids is 1. The molecule has 0 aromatic heterocycles. The van der Waals surface area contributed by atoms with Gasteiger partial charge >= 0.3 is 5.97 Å². The maximum Gasteiger partial charge on any atom is 0.328 e. The molecule has 2 atom stereocenters. The van der Waals surface area contributed by atoms with E-state index in [1.807, 2.05) is 39.8 Å². The highest BCUT2D eigenvalue weighted by Crippen LogP contribution is 2.29. The molecule has 0 saturated carbocycles. The number of aliphatic carboxylic acids is 1. The summed E-state index contributed by atoms with van der Waals surface area (Å²) in [4.78, 5) is 11.8. The van der Waals surface area contributed by atoms with E-state index in [2.05, 4.69) is 12.2 Å². The maximum absolute atomic E-state index is 11.8. The number of hydrogen-bond donors (Lipinski definition) is 2. The van der Waals surface area contributed by atoms with E-state index in [-0.39, 0.29) is 6.04 Å². The van der Waals surface area contributed by atoms with Gasteiger partial charge in [-0.2, -0.15) is 0 Å². The number of carbonyl (C=O) groups is 1. The van der Waals surface area contributed by atoms with Gasteiger partial charge in [0.25, 0.3) is 0 Å². The number of aryl methyl sites for hydroxylation is 3. The molecule has 0 amide bonds. The lowest BCUT2D eigenvalue weighted by Crippen LogP contribution is -2.51. The fraction of sp³-hybridized carbons (Fsp3) is 0.562. The quantitative estimate of drug-likeness (QED) is 0.857. The Labute approximate surface area is 116 Å². The van der Waals surface area contributed by atoms with Gasteiger partial charge in [-0.15, -0.1) is 0 Å². The summed E-state index contributed by atoms with van der Waals surface area (Å²) >= 11 is 0. The summed E-state index contributed by atoms with van der Waals surface area (Å²) < 4.78 is 0. The van der Waals surface area contributed by atoms with Gasteiger partial charge in [0.15, 0.2) is 0 Å². The Morgan fingerprint density at radius 1 is 1.32 bits per heavy atom. The zero-order chi connectivity index (χ0) is 14.8. The van der Waals surface area contributed by atoms with E-state index in [9.17, 15) is 9.90 Å². The van der Waals surface area contributed by atoms with Crippen molar-refractivity contribution in [2.45, 2.75) is 59.5 Å². The van der Waals surface area contributed by atoms with Gasteiger partial charge in [0.2, 0.25) is 0 Å². The Morgan fingerprint density at radius 3 is 2.16 bits per heavy atom. The summed E-state index contributed by atoms with van der Waals surface area (Å²) in [6.45, 7) is 11.8. The lowest BCUT2D eigenvalue weighted by atomic mass is 9.83. The second kappa shape index (κ2) is 5.74. The third kappa shape index (κ3) is 3.16. The molecule has 0 bridgehead atoms. The average Bonchev–Trinajstić information content (AvgIpc) is 2.26. The van der Waals surface area contributed by atoms with Gasteiger partial charge in [-0.05, 0) is 57.7 Å². The highest BCUT2D eigenvalue weighted by atomic mass is 16.4. The van der Waals surface area contributed by atoms with Crippen LogP contribution in [0.4, 0.5) is 0 Å². The summed E-state index contributed by atoms with van der Waals surface area (Å²) in [5.41, 5.74) is 3.05. The van der Waals surface area contributed by atoms with E-state index in [4.69, 9.17) is 0 Å². The van der Waals surface area contributed by atoms with E-state index < -0.39 is 11.5 Å². The van der Waals surface area contributed by atoms with Crippen molar-refractivity contribution in [3.63, 3.8) is 0 Å². The first-order valence-electron chi connectivity index (χ1n) is 6.81. The molecule has 0 aliphatic heterocycles. The SMILES string of the molecule is CCC(C)NC(C)(C(=O)O)c1c(C)cc(C)cc1C. The van der Waals surface area contributed by atoms with E-state index in [0.29, 0.717) is 0 Å². The standard InChI is InChI=1S/C16H25NO2/c1-7-13(5)17-16(6,15(18)19)14-11(3)8-10(2)9-12(14)4/h8-9,13,17H,7H2,1-6H3,(H,18,19). The molecule has 0 aliphatic rings. The fourth-order valence-electron chi connectivity index (χ4n) is 2.80. The first-order chi connectivity index (χ1) is 8.72. The lowest BCUT2D eigenvalue weighted by Gasteiger charge is -2.33. The molecule has 0 saturated heterocycles. The third-order valence-electron chi connectivity index (χ3n) is 3.75. The molecule has 106 valence electrons. The molecule has 1 aromatic rings. The molecule has 19 heavy (non-hydrogen) atoms. The van der Waals surface area contributed by atoms with Crippen LogP contribution in [0.1, 0.15) is 49.4 Å². The Morgan fingerprint density at radius 2 is 1.79 bits per heavy atom. The zero-order valence-corrected chi connectivity index (χ0v) is 12.8. The van der Waals surface area contributed by atoms with Crippen LogP contribution in [0.3, 0.4) is 0 Å². The largest absolute Gasteiger partial charge is 0.480 e. The Bertz CT molecular complexity index is 459. The predicted molar refractivity (Wildman–Crippen MR) is 78.5 cm³/mol. The van der Waals surface area contributed by atoms with Crippen molar-refractivity contribution >= 4 is 5.97 Å². The minimum absolute atomic E-state index is 0.154. The molecule has 0 radical (unpaired) electrons. The van der Waals surface area contributed by atoms with Crippen LogP contribution < -0.4 is 5.32 Å². The molecular formula is C16H25NO2. The molecule has 0 spiro atoms. The lowest BCUT2D eigenvalue weighted by molar-refractivity contribution is -0.145. The minimum atomic E-state index is -1.04. The Hall–Kier alpha value is -1.35. The number of carboxylic acid groups (broad SMARTS) is 1. The Balaban J connectivity index is 3.38. The second-order valence-electron chi connectivity index (χ2n) is 5.66. The van der Waals surface area contributed by atoms with E-state index >= 15 is 0 Å². The zero-order valence-electron chi connectivity index (χ0n) is 12.8. The molecule has 0 fully saturated rings. The van der Waals surface area contributed by atoms with Gasteiger partial charge in [0.1, 0.15) is 5.54 Å². The smallest absolute Gasteiger partial charge is 0.328 e. The predicted octanol–water partition coefficient (Wildman–Crippen LogP) is 3.30. The van der Waals surface area contributed by atoms with Gasteiger partial charge in [0, 0.05) is 6.04 Å². The van der Waals surface area contributed by atoms with Crippen LogP contribution in [0.25, 0.3) is 0 Å². The van der Waals surface area contributed by atoms with Crippen LogP contribution in [0.15, 0.2) is 12.1 Å². The van der Waals surface area contributed by atoms with Crippen LogP contribution in [-0.2, 0) is 10.3 Å². The summed E-state index contributed by atoms with van der Waals surface area (Å²) in [6, 6.07) is 4.24. The van der Waals surface area contributed by atoms with Crippen molar-refractivity contribution in [1.82, 2.24) is 5.32 Å². The van der Waals surface area contributed by atoms with Gasteiger partial charge in [-0.1, -0.05) is 24.6 Å². The molecule has 1 rings (SSSR count). The van der Waals surface area contributed by atoms with Gasteiger partial charge in [-0.3, -0.25) is 5.32 Å². The van der Waals surface area contributed by atoms with Gasteiger partial charge in [-0.25, -0.2) is 4.79 Å². The molecule has 1 aromatic carbocycles. The van der Waals surface area contributed by atoms with Crippen molar-refractivity contribution in [1.29, 1.82) is 0 Å². The molecule has 3 nitrogen and oxygen atoms in total. The number of rotatable bonds is 5. The first kappa shape index (κ1) is 15.7. The Kier molecular flexibility index (Phi) is 4.75. The fourth-order valence-corrected chi connectivity index (χ4v) is 2.80. The van der Waals surface area contributed by atoms with E-state index in [1.165, 1.54) is 0 Å². The summed E-state index contributed by atoms with van der Waals surface area (Å²) in [7, 11) is 0. The van der Waals surface area contributed by atoms with Crippen molar-refractivity contribution in [3.05, 3.63) is 34.4 Å².